The summed E-state index contributed by atoms with van der Waals surface area (Å²) in [5.74, 6) is 1.34. The van der Waals surface area contributed by atoms with E-state index in [1.54, 1.807) is 24.3 Å². The quantitative estimate of drug-likeness (QED) is 0.400. The molecule has 0 radical (unpaired) electrons. The summed E-state index contributed by atoms with van der Waals surface area (Å²) in [5.41, 5.74) is 3.06. The lowest BCUT2D eigenvalue weighted by Crippen LogP contribution is -2.07. The number of carbonyl (C=O) groups excluding carboxylic acids is 1. The van der Waals surface area contributed by atoms with Crippen LogP contribution in [0.15, 0.2) is 60.7 Å². The predicted molar refractivity (Wildman–Crippen MR) is 115 cm³/mol. The smallest absolute Gasteiger partial charge is 0.337 e. The highest BCUT2D eigenvalue weighted by molar-refractivity contribution is 5.93. The fourth-order valence-electron chi connectivity index (χ4n) is 3.60. The van der Waals surface area contributed by atoms with E-state index in [-0.39, 0.29) is 5.97 Å². The molecule has 0 bridgehead atoms. The van der Waals surface area contributed by atoms with Gasteiger partial charge in [0.1, 0.15) is 11.5 Å². The molecule has 0 amide bonds. The van der Waals surface area contributed by atoms with Crippen molar-refractivity contribution in [3.63, 3.8) is 0 Å². The molecule has 0 aliphatic heterocycles. The van der Waals surface area contributed by atoms with Crippen LogP contribution in [0.2, 0.25) is 0 Å². The van der Waals surface area contributed by atoms with Gasteiger partial charge in [-0.1, -0.05) is 42.5 Å². The van der Waals surface area contributed by atoms with E-state index in [1.807, 2.05) is 0 Å². The van der Waals surface area contributed by atoms with Gasteiger partial charge in [-0.15, -0.1) is 0 Å². The summed E-state index contributed by atoms with van der Waals surface area (Å²) in [5, 5.41) is 2.37. The van der Waals surface area contributed by atoms with E-state index in [2.05, 4.69) is 42.5 Å². The molecule has 4 rings (SSSR count). The molecule has 0 fully saturated rings. The molecule has 3 aromatic carbocycles. The molecule has 29 heavy (non-hydrogen) atoms. The maximum Gasteiger partial charge on any atom is 0.337 e. The number of methoxy groups -OCH3 is 1. The Morgan fingerprint density at radius 1 is 1.00 bits per heavy atom. The first-order chi connectivity index (χ1) is 14.3. The second-order valence-corrected chi connectivity index (χ2v) is 7.01. The highest BCUT2D eigenvalue weighted by Gasteiger charge is 2.14. The molecule has 1 aliphatic rings. The van der Waals surface area contributed by atoms with Crippen LogP contribution in [0.4, 0.5) is 0 Å². The van der Waals surface area contributed by atoms with E-state index < -0.39 is 0 Å². The monoisotopic (exact) mass is 388 g/mol. The fourth-order valence-corrected chi connectivity index (χ4v) is 3.60. The molecule has 0 spiro atoms. The number of esters is 1. The highest BCUT2D eigenvalue weighted by Crippen LogP contribution is 2.36. The van der Waals surface area contributed by atoms with Gasteiger partial charge in [0.15, 0.2) is 0 Å². The number of hydrogen-bond donors (Lipinski definition) is 0. The topological polar surface area (TPSA) is 44.8 Å². The molecule has 0 unspecified atom stereocenters. The minimum Gasteiger partial charge on any atom is -0.493 e. The van der Waals surface area contributed by atoms with Crippen molar-refractivity contribution in [2.45, 2.75) is 19.3 Å². The van der Waals surface area contributed by atoms with Gasteiger partial charge in [-0.3, -0.25) is 0 Å². The van der Waals surface area contributed by atoms with E-state index in [1.165, 1.54) is 23.6 Å². The summed E-state index contributed by atoms with van der Waals surface area (Å²) >= 11 is 0. The van der Waals surface area contributed by atoms with Crippen LogP contribution in [0.25, 0.3) is 16.8 Å². The van der Waals surface area contributed by atoms with Gasteiger partial charge >= 0.3 is 5.97 Å². The van der Waals surface area contributed by atoms with Crippen molar-refractivity contribution in [1.29, 1.82) is 0 Å². The number of hydrogen-bond acceptors (Lipinski definition) is 4. The van der Waals surface area contributed by atoms with Gasteiger partial charge in [0.2, 0.25) is 0 Å². The van der Waals surface area contributed by atoms with E-state index in [0.717, 1.165) is 36.1 Å². The Labute approximate surface area is 170 Å². The van der Waals surface area contributed by atoms with Crippen LogP contribution >= 0.6 is 0 Å². The van der Waals surface area contributed by atoms with Crippen LogP contribution in [0, 0.1) is 0 Å². The average Bonchev–Trinajstić information content (AvgIpc) is 2.78. The number of ether oxygens (including phenoxy) is 3. The summed E-state index contributed by atoms with van der Waals surface area (Å²) in [6.45, 7) is 1.12. The van der Waals surface area contributed by atoms with Crippen molar-refractivity contribution in [3.05, 3.63) is 77.4 Å². The van der Waals surface area contributed by atoms with Gasteiger partial charge in [-0.2, -0.15) is 0 Å². The van der Waals surface area contributed by atoms with E-state index >= 15 is 0 Å². The molecular weight excluding hydrogens is 364 g/mol. The fraction of sp³-hybridized carbons (Fsp3) is 0.240. The Bertz CT molecular complexity index is 1030. The van der Waals surface area contributed by atoms with Crippen molar-refractivity contribution in [3.8, 4) is 11.5 Å². The van der Waals surface area contributed by atoms with Gasteiger partial charge in [-0.05, 0) is 48.1 Å². The van der Waals surface area contributed by atoms with Gasteiger partial charge in [0, 0.05) is 17.4 Å². The number of carbonyl (C=O) groups is 1. The minimum atomic E-state index is -0.350. The number of fused-ring (bicyclic) bond motifs is 2. The molecule has 0 aromatic heterocycles. The molecule has 0 saturated carbocycles. The van der Waals surface area contributed by atoms with Gasteiger partial charge in [0.25, 0.3) is 0 Å². The molecule has 1 aliphatic carbocycles. The number of allylic oxidation sites excluding steroid dienone is 1. The van der Waals surface area contributed by atoms with Crippen LogP contribution in [-0.2, 0) is 11.2 Å². The van der Waals surface area contributed by atoms with E-state index in [0.29, 0.717) is 18.8 Å². The maximum absolute atomic E-state index is 11.5. The minimum absolute atomic E-state index is 0.350. The Morgan fingerprint density at radius 2 is 1.79 bits per heavy atom. The van der Waals surface area contributed by atoms with Gasteiger partial charge in [0.05, 0.1) is 25.9 Å². The molecule has 3 aromatic rings. The zero-order chi connectivity index (χ0) is 20.1. The zero-order valence-corrected chi connectivity index (χ0v) is 16.5. The number of benzene rings is 3. The van der Waals surface area contributed by atoms with E-state index in [9.17, 15) is 4.79 Å². The Morgan fingerprint density at radius 3 is 2.62 bits per heavy atom. The van der Waals surface area contributed by atoms with Crippen LogP contribution in [0.1, 0.15) is 34.3 Å². The van der Waals surface area contributed by atoms with Crippen LogP contribution in [0.5, 0.6) is 11.5 Å². The largest absolute Gasteiger partial charge is 0.493 e. The van der Waals surface area contributed by atoms with Crippen molar-refractivity contribution >= 4 is 22.8 Å². The Balaban J connectivity index is 1.37. The SMILES string of the molecule is COC(=O)c1ccc(OCCCOc2c3c(cc4ccccc24)CCC=C3)cc1. The molecule has 0 saturated heterocycles. The second-order valence-electron chi connectivity index (χ2n) is 7.01. The van der Waals surface area contributed by atoms with Gasteiger partial charge < -0.3 is 14.2 Å². The highest BCUT2D eigenvalue weighted by atomic mass is 16.5. The lowest BCUT2D eigenvalue weighted by Gasteiger charge is -2.18. The van der Waals surface area contributed by atoms with Crippen LogP contribution in [0.3, 0.4) is 0 Å². The first-order valence-electron chi connectivity index (χ1n) is 9.91. The molecule has 0 heterocycles. The summed E-state index contributed by atoms with van der Waals surface area (Å²) in [6, 6.07) is 17.6. The van der Waals surface area contributed by atoms with Gasteiger partial charge in [-0.25, -0.2) is 4.79 Å². The van der Waals surface area contributed by atoms with Crippen LogP contribution in [-0.4, -0.2) is 26.3 Å². The normalized spacial score (nSPS) is 12.4. The molecule has 4 heteroatoms. The molecule has 148 valence electrons. The van der Waals surface area contributed by atoms with Crippen molar-refractivity contribution < 1.29 is 19.0 Å². The van der Waals surface area contributed by atoms with Crippen molar-refractivity contribution in [2.75, 3.05) is 20.3 Å². The van der Waals surface area contributed by atoms with Crippen molar-refractivity contribution in [2.24, 2.45) is 0 Å². The average molecular weight is 388 g/mol. The first kappa shape index (κ1) is 19.1. The standard InChI is InChI=1S/C25H24O4/c1-27-25(26)18-11-13-21(14-12-18)28-15-6-16-29-24-22-9-4-2-7-19(22)17-20-8-3-5-10-23(20)24/h2,4-5,7,9-14,17H,3,6,8,15-16H2,1H3. The third kappa shape index (κ3) is 4.27. The number of aryl methyl sites for hydroxylation is 1. The first-order valence-corrected chi connectivity index (χ1v) is 9.91. The molecular formula is C25H24O4. The lowest BCUT2D eigenvalue weighted by atomic mass is 9.92. The summed E-state index contributed by atoms with van der Waals surface area (Å²) in [4.78, 5) is 11.5. The molecule has 4 nitrogen and oxygen atoms in total. The summed E-state index contributed by atoms with van der Waals surface area (Å²) < 4.78 is 16.7. The summed E-state index contributed by atoms with van der Waals surface area (Å²) in [7, 11) is 1.37. The zero-order valence-electron chi connectivity index (χ0n) is 16.5. The molecule has 0 atom stereocenters. The third-order valence-electron chi connectivity index (χ3n) is 5.07. The second kappa shape index (κ2) is 8.82. The third-order valence-corrected chi connectivity index (χ3v) is 5.07. The predicted octanol–water partition coefficient (Wildman–Crippen LogP) is 5.43. The lowest BCUT2D eigenvalue weighted by molar-refractivity contribution is 0.0600. The number of rotatable bonds is 7. The Hall–Kier alpha value is -3.27. The van der Waals surface area contributed by atoms with Crippen molar-refractivity contribution in [1.82, 2.24) is 0 Å². The van der Waals surface area contributed by atoms with Crippen LogP contribution < -0.4 is 9.47 Å². The maximum atomic E-state index is 11.5. The van der Waals surface area contributed by atoms with E-state index in [4.69, 9.17) is 14.2 Å². The molecule has 0 N–H and O–H groups in total. The Kier molecular flexibility index (Phi) is 5.80. The summed E-state index contributed by atoms with van der Waals surface area (Å²) in [6.07, 6.45) is 7.29.